The van der Waals surface area contributed by atoms with Gasteiger partial charge in [-0.05, 0) is 82.7 Å². The largest absolute Gasteiger partial charge is 0.248 e. The molecule has 0 bridgehead atoms. The quantitative estimate of drug-likeness (QED) is 0.178. The van der Waals surface area contributed by atoms with Crippen LogP contribution in [0.2, 0.25) is 0 Å². The maximum atomic E-state index is 5.21. The summed E-state index contributed by atoms with van der Waals surface area (Å²) in [6.07, 6.45) is 2.38. The Kier molecular flexibility index (Phi) is 8.18. The molecule has 4 nitrogen and oxygen atoms in total. The molecule has 0 N–H and O–H groups in total. The van der Waals surface area contributed by atoms with Gasteiger partial charge in [-0.2, -0.15) is 0 Å². The van der Waals surface area contributed by atoms with E-state index >= 15 is 0 Å². The molecule has 2 heterocycles. The maximum absolute atomic E-state index is 5.21. The average Bonchev–Trinajstić information content (AvgIpc) is 3.17. The molecule has 1 aliphatic rings. The van der Waals surface area contributed by atoms with Gasteiger partial charge >= 0.3 is 0 Å². The Bertz CT molecular complexity index is 2300. The smallest absolute Gasteiger partial charge is 0.164 e. The molecule has 0 aliphatic heterocycles. The van der Waals surface area contributed by atoms with Crippen molar-refractivity contribution < 1.29 is 0 Å². The lowest BCUT2D eigenvalue weighted by Gasteiger charge is -2.42. The summed E-state index contributed by atoms with van der Waals surface area (Å²) in [4.78, 5) is 20.5. The lowest BCUT2D eigenvalue weighted by molar-refractivity contribution is 0.332. The number of hydrogen-bond acceptors (Lipinski definition) is 4. The van der Waals surface area contributed by atoms with Crippen LogP contribution in [0.5, 0.6) is 0 Å². The highest BCUT2D eigenvalue weighted by atomic mass is 15.0. The SMILES string of the molecule is Cc1cc(-c2ccc3c(c2)C(C)(C)CCC3(C)C)cc(-c2nc(-c3ccccc3)nc(-c3cc(-c4ccccc4)nc(-c4ccccc4)c3)n2)c1. The second kappa shape index (κ2) is 12.9. The van der Waals surface area contributed by atoms with Gasteiger partial charge in [-0.1, -0.05) is 143 Å². The maximum Gasteiger partial charge on any atom is 0.164 e. The fourth-order valence-corrected chi connectivity index (χ4v) is 7.37. The van der Waals surface area contributed by atoms with Gasteiger partial charge in [0, 0.05) is 27.8 Å². The van der Waals surface area contributed by atoms with E-state index in [0.29, 0.717) is 17.5 Å². The molecule has 7 aromatic rings. The molecule has 1 aliphatic carbocycles. The zero-order valence-corrected chi connectivity index (χ0v) is 30.0. The van der Waals surface area contributed by atoms with E-state index in [9.17, 15) is 0 Å². The number of pyridine rings is 1. The Morgan fingerprint density at radius 3 is 1.37 bits per heavy atom. The highest BCUT2D eigenvalue weighted by molar-refractivity contribution is 5.77. The van der Waals surface area contributed by atoms with E-state index in [4.69, 9.17) is 19.9 Å². The molecule has 51 heavy (non-hydrogen) atoms. The molecule has 250 valence electrons. The van der Waals surface area contributed by atoms with Gasteiger partial charge < -0.3 is 0 Å². The van der Waals surface area contributed by atoms with Crippen LogP contribution in [-0.4, -0.2) is 19.9 Å². The van der Waals surface area contributed by atoms with Gasteiger partial charge in [0.05, 0.1) is 11.4 Å². The monoisotopic (exact) mass is 662 g/mol. The lowest BCUT2D eigenvalue weighted by atomic mass is 9.63. The number of rotatable bonds is 6. The Labute approximate surface area is 301 Å². The van der Waals surface area contributed by atoms with Gasteiger partial charge in [0.15, 0.2) is 17.5 Å². The number of nitrogens with zero attached hydrogens (tertiary/aromatic N) is 4. The molecule has 4 heteroatoms. The van der Waals surface area contributed by atoms with Crippen LogP contribution in [0, 0.1) is 6.92 Å². The highest BCUT2D eigenvalue weighted by Gasteiger charge is 2.37. The number of benzene rings is 5. The van der Waals surface area contributed by atoms with Gasteiger partial charge in [0.1, 0.15) is 0 Å². The van der Waals surface area contributed by atoms with E-state index in [1.54, 1.807) is 0 Å². The zero-order valence-electron chi connectivity index (χ0n) is 30.0. The van der Waals surface area contributed by atoms with E-state index in [1.165, 1.54) is 29.5 Å². The summed E-state index contributed by atoms with van der Waals surface area (Å²) in [5.41, 5.74) is 13.3. The molecular formula is C47H42N4. The lowest BCUT2D eigenvalue weighted by Crippen LogP contribution is -2.33. The summed E-state index contributed by atoms with van der Waals surface area (Å²) in [6, 6.07) is 48.7. The van der Waals surface area contributed by atoms with Crippen LogP contribution in [0.4, 0.5) is 0 Å². The van der Waals surface area contributed by atoms with Crippen molar-refractivity contribution in [2.24, 2.45) is 0 Å². The summed E-state index contributed by atoms with van der Waals surface area (Å²) in [5.74, 6) is 1.88. The Morgan fingerprint density at radius 1 is 0.373 bits per heavy atom. The second-order valence-electron chi connectivity index (χ2n) is 15.1. The third-order valence-electron chi connectivity index (χ3n) is 10.4. The fraction of sp³-hybridized carbons (Fsp3) is 0.191. The molecule has 0 saturated carbocycles. The van der Waals surface area contributed by atoms with Crippen molar-refractivity contribution in [3.8, 4) is 67.8 Å². The van der Waals surface area contributed by atoms with E-state index in [-0.39, 0.29) is 10.8 Å². The average molecular weight is 663 g/mol. The Balaban J connectivity index is 1.30. The Morgan fingerprint density at radius 2 is 0.824 bits per heavy atom. The van der Waals surface area contributed by atoms with Crippen LogP contribution in [0.1, 0.15) is 57.2 Å². The van der Waals surface area contributed by atoms with Crippen molar-refractivity contribution in [1.82, 2.24) is 19.9 Å². The molecule has 0 amide bonds. The van der Waals surface area contributed by atoms with Gasteiger partial charge in [-0.15, -0.1) is 0 Å². The predicted octanol–water partition coefficient (Wildman–Crippen LogP) is 11.9. The van der Waals surface area contributed by atoms with Crippen LogP contribution >= 0.6 is 0 Å². The van der Waals surface area contributed by atoms with Crippen molar-refractivity contribution in [3.63, 3.8) is 0 Å². The zero-order chi connectivity index (χ0) is 35.2. The number of fused-ring (bicyclic) bond motifs is 1. The van der Waals surface area contributed by atoms with Crippen molar-refractivity contribution in [2.75, 3.05) is 0 Å². The van der Waals surface area contributed by atoms with Crippen molar-refractivity contribution in [3.05, 3.63) is 156 Å². The normalized spacial score (nSPS) is 14.5. The van der Waals surface area contributed by atoms with E-state index in [1.807, 2.05) is 54.6 Å². The Hall–Kier alpha value is -5.74. The first kappa shape index (κ1) is 32.5. The van der Waals surface area contributed by atoms with Crippen molar-refractivity contribution in [1.29, 1.82) is 0 Å². The standard InChI is InChI=1S/C47H42N4/c1-31-25-36(35-21-22-39-40(28-35)47(4,5)24-23-46(39,2)3)27-37(26-31)44-49-43(34-19-13-8-14-20-34)50-45(51-44)38-29-41(32-15-9-6-10-16-32)48-42(30-38)33-17-11-7-12-18-33/h6-22,25-30H,23-24H2,1-5H3. The van der Waals surface area contributed by atoms with Crippen LogP contribution in [0.25, 0.3) is 67.8 Å². The van der Waals surface area contributed by atoms with E-state index in [0.717, 1.165) is 50.3 Å². The van der Waals surface area contributed by atoms with Crippen molar-refractivity contribution in [2.45, 2.75) is 58.3 Å². The molecule has 0 radical (unpaired) electrons. The van der Waals surface area contributed by atoms with Crippen LogP contribution in [0.3, 0.4) is 0 Å². The summed E-state index contributed by atoms with van der Waals surface area (Å²) in [7, 11) is 0. The third-order valence-corrected chi connectivity index (χ3v) is 10.4. The van der Waals surface area contributed by atoms with E-state index < -0.39 is 0 Å². The summed E-state index contributed by atoms with van der Waals surface area (Å²) >= 11 is 0. The summed E-state index contributed by atoms with van der Waals surface area (Å²) in [5, 5.41) is 0. The minimum absolute atomic E-state index is 0.128. The molecule has 0 unspecified atom stereocenters. The first-order chi connectivity index (χ1) is 24.6. The van der Waals surface area contributed by atoms with Crippen LogP contribution in [-0.2, 0) is 10.8 Å². The summed E-state index contributed by atoms with van der Waals surface area (Å²) in [6.45, 7) is 11.7. The molecule has 0 fully saturated rings. The number of aryl methyl sites for hydroxylation is 1. The molecule has 0 spiro atoms. The molecule has 0 atom stereocenters. The topological polar surface area (TPSA) is 51.6 Å². The van der Waals surface area contributed by atoms with E-state index in [2.05, 4.69) is 120 Å². The fourth-order valence-electron chi connectivity index (χ4n) is 7.37. The van der Waals surface area contributed by atoms with Gasteiger partial charge in [-0.25, -0.2) is 19.9 Å². The predicted molar refractivity (Wildman–Crippen MR) is 210 cm³/mol. The second-order valence-corrected chi connectivity index (χ2v) is 15.1. The first-order valence-corrected chi connectivity index (χ1v) is 17.9. The number of hydrogen-bond donors (Lipinski definition) is 0. The minimum atomic E-state index is 0.128. The van der Waals surface area contributed by atoms with Crippen molar-refractivity contribution >= 4 is 0 Å². The molecular weight excluding hydrogens is 621 g/mol. The minimum Gasteiger partial charge on any atom is -0.248 e. The third kappa shape index (κ3) is 6.50. The van der Waals surface area contributed by atoms with Gasteiger partial charge in [-0.3, -0.25) is 0 Å². The summed E-state index contributed by atoms with van der Waals surface area (Å²) < 4.78 is 0. The van der Waals surface area contributed by atoms with Crippen LogP contribution in [0.15, 0.2) is 140 Å². The number of aromatic nitrogens is 4. The molecule has 2 aromatic heterocycles. The highest BCUT2D eigenvalue weighted by Crippen LogP contribution is 2.47. The van der Waals surface area contributed by atoms with Gasteiger partial charge in [0.25, 0.3) is 0 Å². The van der Waals surface area contributed by atoms with Crippen LogP contribution < -0.4 is 0 Å². The molecule has 5 aromatic carbocycles. The van der Waals surface area contributed by atoms with Gasteiger partial charge in [0.2, 0.25) is 0 Å². The molecule has 0 saturated heterocycles. The first-order valence-electron chi connectivity index (χ1n) is 17.9. The molecule has 8 rings (SSSR count).